The molecule has 1 saturated heterocycles. The molecule has 1 N–H and O–H groups in total. The number of hydrogen-bond acceptors (Lipinski definition) is 4. The molecule has 2 heterocycles. The molecule has 0 spiro atoms. The Balaban J connectivity index is 2.30. The third-order valence-electron chi connectivity index (χ3n) is 3.92. The second kappa shape index (κ2) is 6.10. The van der Waals surface area contributed by atoms with Gasteiger partial charge in [0.25, 0.3) is 0 Å². The number of sulfonamides is 1. The fraction of sp³-hybridized carbons (Fsp3) is 0.643. The van der Waals surface area contributed by atoms with Crippen LogP contribution in [0.15, 0.2) is 23.4 Å². The quantitative estimate of drug-likeness (QED) is 0.905. The molecule has 0 bridgehead atoms. The minimum atomic E-state index is -3.46. The Hall–Kier alpha value is -1.14. The molecule has 1 aliphatic heterocycles. The highest BCUT2D eigenvalue weighted by atomic mass is 32.2. The first-order valence-corrected chi connectivity index (χ1v) is 8.58. The number of hydrogen-bond donors (Lipinski definition) is 1. The maximum atomic E-state index is 12.8. The summed E-state index contributed by atoms with van der Waals surface area (Å²) in [6, 6.07) is 1.73. The van der Waals surface area contributed by atoms with Gasteiger partial charge in [-0.2, -0.15) is 4.31 Å². The van der Waals surface area contributed by atoms with Crippen molar-refractivity contribution in [2.45, 2.75) is 32.1 Å². The van der Waals surface area contributed by atoms with Gasteiger partial charge in [-0.15, -0.1) is 0 Å². The zero-order valence-corrected chi connectivity index (χ0v) is 13.2. The molecule has 2 rings (SSSR count). The van der Waals surface area contributed by atoms with E-state index in [4.69, 9.17) is 0 Å². The second-order valence-corrected chi connectivity index (χ2v) is 7.48. The number of nitrogens with zero attached hydrogens (tertiary/aromatic N) is 2. The van der Waals surface area contributed by atoms with Crippen molar-refractivity contribution in [1.82, 2.24) is 9.29 Å². The molecule has 2 unspecified atom stereocenters. The molecule has 0 amide bonds. The molecule has 112 valence electrons. The van der Waals surface area contributed by atoms with E-state index in [0.717, 1.165) is 13.0 Å². The lowest BCUT2D eigenvalue weighted by atomic mass is 10.0. The van der Waals surface area contributed by atoms with E-state index < -0.39 is 10.0 Å². The molecule has 20 heavy (non-hydrogen) atoms. The lowest BCUT2D eigenvalue weighted by molar-refractivity contribution is 0.463. The van der Waals surface area contributed by atoms with E-state index in [1.807, 2.05) is 6.92 Å². The van der Waals surface area contributed by atoms with Gasteiger partial charge in [0.1, 0.15) is 4.90 Å². The van der Waals surface area contributed by atoms with Gasteiger partial charge >= 0.3 is 0 Å². The van der Waals surface area contributed by atoms with Crippen LogP contribution in [0.2, 0.25) is 0 Å². The van der Waals surface area contributed by atoms with Gasteiger partial charge in [-0.1, -0.05) is 20.8 Å². The largest absolute Gasteiger partial charge is 0.384 e. The van der Waals surface area contributed by atoms with E-state index in [0.29, 0.717) is 30.6 Å². The summed E-state index contributed by atoms with van der Waals surface area (Å²) < 4.78 is 27.1. The molecule has 1 fully saturated rings. The van der Waals surface area contributed by atoms with Crippen molar-refractivity contribution in [1.29, 1.82) is 0 Å². The Morgan fingerprint density at radius 3 is 2.60 bits per heavy atom. The summed E-state index contributed by atoms with van der Waals surface area (Å²) in [5.74, 6) is 0.794. The topological polar surface area (TPSA) is 62.3 Å². The van der Waals surface area contributed by atoms with Crippen LogP contribution in [0, 0.1) is 11.8 Å². The zero-order valence-electron chi connectivity index (χ0n) is 12.3. The Labute approximate surface area is 121 Å². The van der Waals surface area contributed by atoms with E-state index in [-0.39, 0.29) is 4.90 Å². The van der Waals surface area contributed by atoms with Crippen LogP contribution in [0.5, 0.6) is 0 Å². The summed E-state index contributed by atoms with van der Waals surface area (Å²) in [6.07, 6.45) is 4.01. The van der Waals surface area contributed by atoms with Crippen LogP contribution in [-0.4, -0.2) is 37.3 Å². The average molecular weight is 297 g/mol. The third-order valence-corrected chi connectivity index (χ3v) is 5.78. The van der Waals surface area contributed by atoms with Gasteiger partial charge in [0.15, 0.2) is 0 Å². The Morgan fingerprint density at radius 1 is 1.35 bits per heavy atom. The van der Waals surface area contributed by atoms with Crippen molar-refractivity contribution in [3.63, 3.8) is 0 Å². The van der Waals surface area contributed by atoms with Gasteiger partial charge in [0.05, 0.1) is 5.69 Å². The molecule has 1 aliphatic rings. The van der Waals surface area contributed by atoms with Crippen LogP contribution < -0.4 is 5.32 Å². The number of pyridine rings is 1. The molecule has 0 radical (unpaired) electrons. The fourth-order valence-electron chi connectivity index (χ4n) is 2.40. The van der Waals surface area contributed by atoms with Crippen molar-refractivity contribution in [2.75, 3.05) is 25.0 Å². The Kier molecular flexibility index (Phi) is 4.65. The number of rotatable bonds is 5. The predicted octanol–water partition coefficient (Wildman–Crippen LogP) is 2.18. The fourth-order valence-corrected chi connectivity index (χ4v) is 4.16. The van der Waals surface area contributed by atoms with Crippen LogP contribution in [0.3, 0.4) is 0 Å². The van der Waals surface area contributed by atoms with Crippen LogP contribution in [0.25, 0.3) is 0 Å². The SMILES string of the molecule is CCCNc1ccncc1S(=O)(=O)N1CC(C)C(C)C1. The Morgan fingerprint density at radius 2 is 2.00 bits per heavy atom. The van der Waals surface area contributed by atoms with Crippen molar-refractivity contribution in [2.24, 2.45) is 11.8 Å². The van der Waals surface area contributed by atoms with E-state index in [2.05, 4.69) is 24.1 Å². The first-order valence-electron chi connectivity index (χ1n) is 7.14. The van der Waals surface area contributed by atoms with Crippen LogP contribution in [0.1, 0.15) is 27.2 Å². The minimum absolute atomic E-state index is 0.287. The van der Waals surface area contributed by atoms with E-state index in [9.17, 15) is 8.42 Å². The third kappa shape index (κ3) is 2.96. The van der Waals surface area contributed by atoms with Gasteiger partial charge in [-0.25, -0.2) is 8.42 Å². The molecule has 1 aromatic rings. The lowest BCUT2D eigenvalue weighted by Gasteiger charge is -2.18. The minimum Gasteiger partial charge on any atom is -0.384 e. The van der Waals surface area contributed by atoms with Gasteiger partial charge in [-0.3, -0.25) is 4.98 Å². The van der Waals surface area contributed by atoms with Crippen molar-refractivity contribution >= 4 is 15.7 Å². The predicted molar refractivity (Wildman–Crippen MR) is 80.1 cm³/mol. The van der Waals surface area contributed by atoms with E-state index >= 15 is 0 Å². The van der Waals surface area contributed by atoms with E-state index in [1.165, 1.54) is 6.20 Å². The summed E-state index contributed by atoms with van der Waals surface area (Å²) in [7, 11) is -3.46. The smallest absolute Gasteiger partial charge is 0.246 e. The molecule has 0 saturated carbocycles. The highest BCUT2D eigenvalue weighted by Gasteiger charge is 2.36. The van der Waals surface area contributed by atoms with Crippen molar-refractivity contribution in [3.05, 3.63) is 18.5 Å². The first kappa shape index (κ1) is 15.3. The number of anilines is 1. The molecule has 6 heteroatoms. The van der Waals surface area contributed by atoms with Crippen molar-refractivity contribution in [3.8, 4) is 0 Å². The van der Waals surface area contributed by atoms with Crippen LogP contribution >= 0.6 is 0 Å². The summed E-state index contributed by atoms with van der Waals surface area (Å²) in [5, 5.41) is 3.17. The molecular formula is C14H23N3O2S. The molecular weight excluding hydrogens is 274 g/mol. The van der Waals surface area contributed by atoms with Gasteiger partial charge in [0.2, 0.25) is 10.0 Å². The lowest BCUT2D eigenvalue weighted by Crippen LogP contribution is -2.29. The van der Waals surface area contributed by atoms with Gasteiger partial charge in [0, 0.05) is 32.0 Å². The van der Waals surface area contributed by atoms with E-state index in [1.54, 1.807) is 16.6 Å². The highest BCUT2D eigenvalue weighted by Crippen LogP contribution is 2.30. The first-order chi connectivity index (χ1) is 9.46. The molecule has 2 atom stereocenters. The number of nitrogens with one attached hydrogen (secondary N) is 1. The molecule has 5 nitrogen and oxygen atoms in total. The maximum Gasteiger partial charge on any atom is 0.246 e. The average Bonchev–Trinajstić information content (AvgIpc) is 2.77. The second-order valence-electron chi connectivity index (χ2n) is 5.58. The number of aromatic nitrogens is 1. The summed E-state index contributed by atoms with van der Waals surface area (Å²) in [6.45, 7) is 8.17. The molecule has 0 aromatic carbocycles. The van der Waals surface area contributed by atoms with Gasteiger partial charge < -0.3 is 5.32 Å². The maximum absolute atomic E-state index is 12.8. The Bertz CT molecular complexity index is 549. The van der Waals surface area contributed by atoms with Crippen molar-refractivity contribution < 1.29 is 8.42 Å². The zero-order chi connectivity index (χ0) is 14.8. The highest BCUT2D eigenvalue weighted by molar-refractivity contribution is 7.89. The standard InChI is InChI=1S/C14H23N3O2S/c1-4-6-16-13-5-7-15-8-14(13)20(18,19)17-9-11(2)12(3)10-17/h5,7-8,11-12H,4,6,9-10H2,1-3H3,(H,15,16). The molecule has 1 aromatic heterocycles. The van der Waals surface area contributed by atoms with Crippen LogP contribution in [0.4, 0.5) is 5.69 Å². The summed E-state index contributed by atoms with van der Waals surface area (Å²) in [5.41, 5.74) is 0.647. The monoisotopic (exact) mass is 297 g/mol. The van der Waals surface area contributed by atoms with Crippen LogP contribution in [-0.2, 0) is 10.0 Å². The summed E-state index contributed by atoms with van der Waals surface area (Å²) in [4.78, 5) is 4.27. The molecule has 0 aliphatic carbocycles. The summed E-state index contributed by atoms with van der Waals surface area (Å²) >= 11 is 0. The van der Waals surface area contributed by atoms with Gasteiger partial charge in [-0.05, 0) is 24.3 Å². The normalized spacial score (nSPS) is 23.9.